The highest BCUT2D eigenvalue weighted by Gasteiger charge is 2.26. The molecule has 1 heterocycles. The van der Waals surface area contributed by atoms with Gasteiger partial charge in [0.25, 0.3) is 0 Å². The van der Waals surface area contributed by atoms with E-state index in [0.717, 1.165) is 18.4 Å². The molecule has 2 unspecified atom stereocenters. The molecule has 1 aromatic heterocycles. The molecule has 0 radical (unpaired) electrons. The van der Waals surface area contributed by atoms with Crippen molar-refractivity contribution in [2.24, 2.45) is 0 Å². The van der Waals surface area contributed by atoms with Crippen LogP contribution in [0.4, 0.5) is 5.13 Å². The summed E-state index contributed by atoms with van der Waals surface area (Å²) in [5, 5.41) is 21.7. The van der Waals surface area contributed by atoms with Crippen LogP contribution in [-0.2, 0) is 9.53 Å². The number of thiazole rings is 1. The third-order valence-corrected chi connectivity index (χ3v) is 3.49. The fourth-order valence-corrected chi connectivity index (χ4v) is 2.28. The van der Waals surface area contributed by atoms with Gasteiger partial charge < -0.3 is 20.7 Å². The zero-order valence-electron chi connectivity index (χ0n) is 10.7. The quantitative estimate of drug-likeness (QED) is 0.725. The summed E-state index contributed by atoms with van der Waals surface area (Å²) in [4.78, 5) is 15.3. The van der Waals surface area contributed by atoms with Crippen molar-refractivity contribution in [3.8, 4) is 11.3 Å². The van der Waals surface area contributed by atoms with Crippen molar-refractivity contribution in [2.75, 3.05) is 12.8 Å². The van der Waals surface area contributed by atoms with E-state index < -0.39 is 18.2 Å². The number of nitrogen functional groups attached to an aromatic ring is 1. The lowest BCUT2D eigenvalue weighted by atomic mass is 10.0. The number of ether oxygens (including phenoxy) is 1. The summed E-state index contributed by atoms with van der Waals surface area (Å²) in [6, 6.07) is 6.69. The topological polar surface area (TPSA) is 106 Å². The lowest BCUT2D eigenvalue weighted by Crippen LogP contribution is -2.28. The molecule has 0 bridgehead atoms. The second-order valence-electron chi connectivity index (χ2n) is 4.11. The van der Waals surface area contributed by atoms with Gasteiger partial charge in [-0.2, -0.15) is 0 Å². The van der Waals surface area contributed by atoms with Gasteiger partial charge in [0.05, 0.1) is 12.8 Å². The molecular formula is C13H14N2O4S. The molecule has 2 atom stereocenters. The normalized spacial score (nSPS) is 13.8. The molecule has 20 heavy (non-hydrogen) atoms. The summed E-state index contributed by atoms with van der Waals surface area (Å²) in [5.41, 5.74) is 7.55. The Labute approximate surface area is 119 Å². The van der Waals surface area contributed by atoms with E-state index in [-0.39, 0.29) is 0 Å². The number of methoxy groups -OCH3 is 1. The molecule has 2 aromatic rings. The minimum absolute atomic E-state index is 0.412. The van der Waals surface area contributed by atoms with E-state index in [1.165, 1.54) is 11.3 Å². The summed E-state index contributed by atoms with van der Waals surface area (Å²) in [6.07, 6.45) is -2.95. The van der Waals surface area contributed by atoms with Gasteiger partial charge in [-0.15, -0.1) is 11.3 Å². The van der Waals surface area contributed by atoms with E-state index in [9.17, 15) is 15.0 Å². The maximum Gasteiger partial charge on any atom is 0.337 e. The number of hydrogen-bond acceptors (Lipinski definition) is 7. The maximum absolute atomic E-state index is 11.2. The standard InChI is InChI=1S/C13H14N2O4S/c1-19-12(18)11(17)10(16)8-4-2-7(3-5-8)9-6-20-13(14)15-9/h2-6,10-11,16-17H,1H3,(H2,14,15). The van der Waals surface area contributed by atoms with E-state index in [1.807, 2.05) is 5.38 Å². The molecule has 1 aromatic carbocycles. The number of aliphatic hydroxyl groups is 2. The Morgan fingerprint density at radius 2 is 2.00 bits per heavy atom. The molecule has 6 nitrogen and oxygen atoms in total. The van der Waals surface area contributed by atoms with Crippen LogP contribution in [0, 0.1) is 0 Å². The van der Waals surface area contributed by atoms with Gasteiger partial charge in [-0.1, -0.05) is 24.3 Å². The highest BCUT2D eigenvalue weighted by molar-refractivity contribution is 7.13. The molecule has 0 aliphatic carbocycles. The van der Waals surface area contributed by atoms with Crippen LogP contribution in [0.15, 0.2) is 29.6 Å². The van der Waals surface area contributed by atoms with E-state index >= 15 is 0 Å². The van der Waals surface area contributed by atoms with Gasteiger partial charge in [0, 0.05) is 10.9 Å². The van der Waals surface area contributed by atoms with Gasteiger partial charge in [-0.3, -0.25) is 0 Å². The molecular weight excluding hydrogens is 280 g/mol. The lowest BCUT2D eigenvalue weighted by Gasteiger charge is -2.16. The van der Waals surface area contributed by atoms with Crippen LogP contribution in [0.25, 0.3) is 11.3 Å². The van der Waals surface area contributed by atoms with Crippen molar-refractivity contribution in [3.05, 3.63) is 35.2 Å². The van der Waals surface area contributed by atoms with Crippen LogP contribution in [0.3, 0.4) is 0 Å². The number of benzene rings is 1. The third kappa shape index (κ3) is 2.96. The number of nitrogens with two attached hydrogens (primary N) is 1. The Morgan fingerprint density at radius 3 is 2.50 bits per heavy atom. The highest BCUT2D eigenvalue weighted by atomic mass is 32.1. The van der Waals surface area contributed by atoms with Crippen molar-refractivity contribution in [3.63, 3.8) is 0 Å². The highest BCUT2D eigenvalue weighted by Crippen LogP contribution is 2.25. The fraction of sp³-hybridized carbons (Fsp3) is 0.231. The molecule has 0 saturated heterocycles. The van der Waals surface area contributed by atoms with E-state index in [4.69, 9.17) is 5.73 Å². The van der Waals surface area contributed by atoms with Gasteiger partial charge >= 0.3 is 5.97 Å². The minimum Gasteiger partial charge on any atom is -0.467 e. The number of anilines is 1. The first-order valence-corrected chi connectivity index (χ1v) is 6.66. The second-order valence-corrected chi connectivity index (χ2v) is 5.00. The van der Waals surface area contributed by atoms with Crippen molar-refractivity contribution in [2.45, 2.75) is 12.2 Å². The molecule has 0 spiro atoms. The minimum atomic E-state index is -1.61. The Kier molecular flexibility index (Phi) is 4.33. The lowest BCUT2D eigenvalue weighted by molar-refractivity contribution is -0.156. The predicted molar refractivity (Wildman–Crippen MR) is 74.9 cm³/mol. The zero-order valence-corrected chi connectivity index (χ0v) is 11.5. The van der Waals surface area contributed by atoms with E-state index in [0.29, 0.717) is 10.7 Å². The fourth-order valence-electron chi connectivity index (χ4n) is 1.70. The number of hydrogen-bond donors (Lipinski definition) is 3. The number of aliphatic hydroxyl groups excluding tert-OH is 2. The smallest absolute Gasteiger partial charge is 0.337 e. The molecule has 2 rings (SSSR count). The molecule has 0 fully saturated rings. The Balaban J connectivity index is 2.17. The molecule has 106 valence electrons. The van der Waals surface area contributed by atoms with Gasteiger partial charge in [-0.25, -0.2) is 9.78 Å². The van der Waals surface area contributed by atoms with Gasteiger partial charge in [0.2, 0.25) is 0 Å². The molecule has 7 heteroatoms. The largest absolute Gasteiger partial charge is 0.467 e. The number of esters is 1. The first kappa shape index (κ1) is 14.4. The zero-order chi connectivity index (χ0) is 14.7. The Morgan fingerprint density at radius 1 is 1.35 bits per heavy atom. The Hall–Kier alpha value is -1.96. The average Bonchev–Trinajstić information content (AvgIpc) is 2.91. The maximum atomic E-state index is 11.2. The number of carbonyl (C=O) groups is 1. The molecule has 0 aliphatic heterocycles. The third-order valence-electron chi connectivity index (χ3n) is 2.81. The van der Waals surface area contributed by atoms with Crippen LogP contribution in [0.2, 0.25) is 0 Å². The monoisotopic (exact) mass is 294 g/mol. The summed E-state index contributed by atoms with van der Waals surface area (Å²) in [5.74, 6) is -0.881. The average molecular weight is 294 g/mol. The number of rotatable bonds is 4. The molecule has 0 saturated carbocycles. The van der Waals surface area contributed by atoms with Gasteiger partial charge in [-0.05, 0) is 5.56 Å². The predicted octanol–water partition coefficient (Wildman–Crippen LogP) is 0.960. The number of nitrogens with zero attached hydrogens (tertiary/aromatic N) is 1. The summed E-state index contributed by atoms with van der Waals surface area (Å²) < 4.78 is 4.38. The van der Waals surface area contributed by atoms with E-state index in [2.05, 4.69) is 9.72 Å². The summed E-state index contributed by atoms with van der Waals surface area (Å²) >= 11 is 1.34. The number of aromatic nitrogens is 1. The van der Waals surface area contributed by atoms with Crippen LogP contribution in [-0.4, -0.2) is 34.4 Å². The summed E-state index contributed by atoms with van der Waals surface area (Å²) in [7, 11) is 1.15. The van der Waals surface area contributed by atoms with E-state index in [1.54, 1.807) is 24.3 Å². The van der Waals surface area contributed by atoms with Crippen molar-refractivity contribution in [1.29, 1.82) is 0 Å². The van der Waals surface area contributed by atoms with Crippen molar-refractivity contribution in [1.82, 2.24) is 4.98 Å². The Bertz CT molecular complexity index is 597. The van der Waals surface area contributed by atoms with Gasteiger partial charge in [0.15, 0.2) is 11.2 Å². The molecule has 0 amide bonds. The van der Waals surface area contributed by atoms with Crippen LogP contribution in [0.1, 0.15) is 11.7 Å². The molecule has 4 N–H and O–H groups in total. The van der Waals surface area contributed by atoms with Crippen LogP contribution >= 0.6 is 11.3 Å². The first-order chi connectivity index (χ1) is 9.52. The van der Waals surface area contributed by atoms with Crippen LogP contribution in [0.5, 0.6) is 0 Å². The summed E-state index contributed by atoms with van der Waals surface area (Å²) in [6.45, 7) is 0. The SMILES string of the molecule is COC(=O)C(O)C(O)c1ccc(-c2csc(N)n2)cc1. The van der Waals surface area contributed by atoms with Crippen molar-refractivity contribution >= 4 is 22.4 Å². The van der Waals surface area contributed by atoms with Crippen LogP contribution < -0.4 is 5.73 Å². The second kappa shape index (κ2) is 6.00. The van der Waals surface area contributed by atoms with Crippen molar-refractivity contribution < 1.29 is 19.7 Å². The first-order valence-electron chi connectivity index (χ1n) is 5.78. The number of carbonyl (C=O) groups excluding carboxylic acids is 1. The van der Waals surface area contributed by atoms with Gasteiger partial charge in [0.1, 0.15) is 6.10 Å². The molecule has 0 aliphatic rings.